The summed E-state index contributed by atoms with van der Waals surface area (Å²) in [4.78, 5) is 24.0. The molecule has 0 saturated carbocycles. The molecule has 2 amide bonds. The second-order valence-electron chi connectivity index (χ2n) is 6.71. The molecule has 2 N–H and O–H groups in total. The van der Waals surface area contributed by atoms with Gasteiger partial charge in [0.1, 0.15) is 18.8 Å². The van der Waals surface area contributed by atoms with E-state index in [1.54, 1.807) is 54.6 Å². The highest BCUT2D eigenvalue weighted by molar-refractivity contribution is 9.11. The van der Waals surface area contributed by atoms with Gasteiger partial charge in [0.15, 0.2) is 0 Å². The lowest BCUT2D eigenvalue weighted by atomic mass is 10.2. The molecular weight excluding hydrogens is 597 g/mol. The molecule has 10 heteroatoms. The van der Waals surface area contributed by atoms with E-state index in [1.807, 2.05) is 6.07 Å². The normalized spacial score (nSPS) is 10.8. The Morgan fingerprint density at radius 3 is 2.48 bits per heavy atom. The van der Waals surface area contributed by atoms with Crippen LogP contribution in [0.4, 0.5) is 5.69 Å². The molecule has 0 aliphatic rings. The minimum absolute atomic E-state index is 0.277. The largest absolute Gasteiger partial charge is 0.488 e. The Hall–Kier alpha value is -2.39. The Morgan fingerprint density at radius 1 is 0.970 bits per heavy atom. The fourth-order valence-corrected chi connectivity index (χ4v) is 3.99. The minimum Gasteiger partial charge on any atom is -0.488 e. The van der Waals surface area contributed by atoms with Gasteiger partial charge < -0.3 is 10.1 Å². The average molecular weight is 614 g/mol. The number of carbonyl (C=O) groups excluding carboxylic acids is 2. The van der Waals surface area contributed by atoms with Gasteiger partial charge in [0.05, 0.1) is 16.4 Å². The topological polar surface area (TPSA) is 79.8 Å². The van der Waals surface area contributed by atoms with Gasteiger partial charge >= 0.3 is 0 Å². The number of carbonyl (C=O) groups is 2. The van der Waals surface area contributed by atoms with Gasteiger partial charge in [-0.2, -0.15) is 5.10 Å². The average Bonchev–Trinajstić information content (AvgIpc) is 2.76. The first-order chi connectivity index (χ1) is 15.8. The molecule has 0 heterocycles. The van der Waals surface area contributed by atoms with Crippen LogP contribution in [-0.2, 0) is 16.2 Å². The zero-order valence-electron chi connectivity index (χ0n) is 16.9. The van der Waals surface area contributed by atoms with Gasteiger partial charge in [-0.1, -0.05) is 41.4 Å². The SMILES string of the molecule is O=C(CC(=O)Nc1ccccc1Br)NN=Cc1ccc(OCc2ccc(Cl)cc2Cl)c(Br)c1. The summed E-state index contributed by atoms with van der Waals surface area (Å²) < 4.78 is 7.24. The van der Waals surface area contributed by atoms with Crippen molar-refractivity contribution in [3.63, 3.8) is 0 Å². The molecule has 3 rings (SSSR count). The maximum Gasteiger partial charge on any atom is 0.249 e. The number of ether oxygens (including phenoxy) is 1. The third-order valence-electron chi connectivity index (χ3n) is 4.23. The summed E-state index contributed by atoms with van der Waals surface area (Å²) in [6, 6.07) is 17.7. The summed E-state index contributed by atoms with van der Waals surface area (Å²) in [5.74, 6) is -0.361. The summed E-state index contributed by atoms with van der Waals surface area (Å²) in [5.41, 5.74) is 4.46. The molecule has 3 aromatic carbocycles. The number of hydrazone groups is 1. The Labute approximate surface area is 217 Å². The van der Waals surface area contributed by atoms with Crippen LogP contribution in [-0.4, -0.2) is 18.0 Å². The molecule has 33 heavy (non-hydrogen) atoms. The van der Waals surface area contributed by atoms with Crippen LogP contribution in [0.2, 0.25) is 10.0 Å². The highest BCUT2D eigenvalue weighted by Gasteiger charge is 2.10. The van der Waals surface area contributed by atoms with Crippen molar-refractivity contribution in [2.75, 3.05) is 5.32 Å². The molecule has 0 fully saturated rings. The van der Waals surface area contributed by atoms with Crippen LogP contribution in [0.3, 0.4) is 0 Å². The van der Waals surface area contributed by atoms with Crippen LogP contribution in [0.15, 0.2) is 74.7 Å². The smallest absolute Gasteiger partial charge is 0.249 e. The molecule has 0 spiro atoms. The monoisotopic (exact) mass is 611 g/mol. The van der Waals surface area contributed by atoms with E-state index < -0.39 is 11.8 Å². The summed E-state index contributed by atoms with van der Waals surface area (Å²) in [5, 5.41) is 7.65. The lowest BCUT2D eigenvalue weighted by Gasteiger charge is -2.10. The number of hydrogen-bond donors (Lipinski definition) is 2. The van der Waals surface area contributed by atoms with E-state index in [0.29, 0.717) is 26.0 Å². The number of anilines is 1. The minimum atomic E-state index is -0.533. The van der Waals surface area contributed by atoms with Crippen LogP contribution >= 0.6 is 55.1 Å². The van der Waals surface area contributed by atoms with Gasteiger partial charge in [-0.05, 0) is 79.9 Å². The molecule has 0 unspecified atom stereocenters. The second-order valence-corrected chi connectivity index (χ2v) is 9.26. The molecule has 0 bridgehead atoms. The van der Waals surface area contributed by atoms with Gasteiger partial charge in [0.2, 0.25) is 11.8 Å². The predicted molar refractivity (Wildman–Crippen MR) is 138 cm³/mol. The van der Waals surface area contributed by atoms with Crippen molar-refractivity contribution >= 4 is 78.8 Å². The van der Waals surface area contributed by atoms with Crippen molar-refractivity contribution in [1.82, 2.24) is 5.43 Å². The number of rotatable bonds is 8. The zero-order valence-corrected chi connectivity index (χ0v) is 21.6. The number of benzene rings is 3. The third-order valence-corrected chi connectivity index (χ3v) is 6.12. The van der Waals surface area contributed by atoms with E-state index in [9.17, 15) is 9.59 Å². The van der Waals surface area contributed by atoms with Crippen molar-refractivity contribution in [3.05, 3.63) is 90.8 Å². The van der Waals surface area contributed by atoms with Crippen molar-refractivity contribution < 1.29 is 14.3 Å². The Morgan fingerprint density at radius 2 is 1.76 bits per heavy atom. The molecule has 0 aliphatic carbocycles. The standard InChI is InChI=1S/C23H17Br2Cl2N3O3/c24-17-3-1-2-4-20(17)29-22(31)11-23(32)30-28-12-14-5-8-21(18(25)9-14)33-13-15-6-7-16(26)10-19(15)27/h1-10,12H,11,13H2,(H,29,31)(H,30,32). The highest BCUT2D eigenvalue weighted by atomic mass is 79.9. The fourth-order valence-electron chi connectivity index (χ4n) is 2.63. The molecule has 3 aromatic rings. The number of nitrogens with zero attached hydrogens (tertiary/aromatic N) is 1. The maximum absolute atomic E-state index is 12.0. The van der Waals surface area contributed by atoms with E-state index in [0.717, 1.165) is 15.6 Å². The summed E-state index contributed by atoms with van der Waals surface area (Å²) in [6.07, 6.45) is 1.11. The summed E-state index contributed by atoms with van der Waals surface area (Å²) >= 11 is 18.9. The van der Waals surface area contributed by atoms with Crippen molar-refractivity contribution in [2.24, 2.45) is 5.10 Å². The Kier molecular flexibility index (Phi) is 9.31. The first kappa shape index (κ1) is 25.2. The van der Waals surface area contributed by atoms with Crippen LogP contribution in [0, 0.1) is 0 Å². The van der Waals surface area contributed by atoms with Gasteiger partial charge in [-0.3, -0.25) is 9.59 Å². The number of halogens is 4. The molecule has 0 atom stereocenters. The maximum atomic E-state index is 12.0. The number of hydrogen-bond acceptors (Lipinski definition) is 4. The molecule has 0 radical (unpaired) electrons. The van der Waals surface area contributed by atoms with Crippen LogP contribution < -0.4 is 15.5 Å². The third kappa shape index (κ3) is 7.85. The Balaban J connectivity index is 1.49. The van der Waals surface area contributed by atoms with Crippen molar-refractivity contribution in [2.45, 2.75) is 13.0 Å². The first-order valence-electron chi connectivity index (χ1n) is 9.54. The number of nitrogens with one attached hydrogen (secondary N) is 2. The lowest BCUT2D eigenvalue weighted by molar-refractivity contribution is -0.126. The van der Waals surface area contributed by atoms with Crippen LogP contribution in [0.5, 0.6) is 5.75 Å². The van der Waals surface area contributed by atoms with E-state index in [2.05, 4.69) is 47.7 Å². The van der Waals surface area contributed by atoms with Crippen molar-refractivity contribution in [1.29, 1.82) is 0 Å². The Bertz CT molecular complexity index is 1210. The van der Waals surface area contributed by atoms with E-state index in [4.69, 9.17) is 27.9 Å². The predicted octanol–water partition coefficient (Wildman–Crippen LogP) is 6.58. The molecular formula is C23H17Br2Cl2N3O3. The van der Waals surface area contributed by atoms with Crippen LogP contribution in [0.25, 0.3) is 0 Å². The zero-order chi connectivity index (χ0) is 23.8. The second kappa shape index (κ2) is 12.2. The van der Waals surface area contributed by atoms with Gasteiger partial charge in [-0.15, -0.1) is 0 Å². The first-order valence-corrected chi connectivity index (χ1v) is 11.9. The number of amides is 2. The summed E-state index contributed by atoms with van der Waals surface area (Å²) in [7, 11) is 0. The van der Waals surface area contributed by atoms with Gasteiger partial charge in [-0.25, -0.2) is 5.43 Å². The fraction of sp³-hybridized carbons (Fsp3) is 0.0870. The van der Waals surface area contributed by atoms with E-state index >= 15 is 0 Å². The highest BCUT2D eigenvalue weighted by Crippen LogP contribution is 2.28. The van der Waals surface area contributed by atoms with E-state index in [1.165, 1.54) is 6.21 Å². The van der Waals surface area contributed by atoms with Crippen molar-refractivity contribution in [3.8, 4) is 5.75 Å². The number of para-hydroxylation sites is 1. The van der Waals surface area contributed by atoms with E-state index in [-0.39, 0.29) is 13.0 Å². The van der Waals surface area contributed by atoms with Gasteiger partial charge in [0, 0.05) is 20.1 Å². The lowest BCUT2D eigenvalue weighted by Crippen LogP contribution is -2.24. The van der Waals surface area contributed by atoms with Gasteiger partial charge in [0.25, 0.3) is 0 Å². The molecule has 0 saturated heterocycles. The summed E-state index contributed by atoms with van der Waals surface area (Å²) in [6.45, 7) is 0.277. The molecule has 6 nitrogen and oxygen atoms in total. The molecule has 0 aromatic heterocycles. The molecule has 170 valence electrons. The quantitative estimate of drug-likeness (QED) is 0.171. The molecule has 0 aliphatic heterocycles. The van der Waals surface area contributed by atoms with Crippen LogP contribution in [0.1, 0.15) is 17.5 Å².